The standard InChI is InChI=1S/C6Br13/c7-1(3(10,11)5(14,15)16)2(8,9)4(12,13)6(17,18)19. The van der Waals surface area contributed by atoms with Gasteiger partial charge in [-0.25, -0.2) is 0 Å². The Hall–Kier alpha value is 6.24. The molecule has 0 nitrogen and oxygen atoms in total. The van der Waals surface area contributed by atoms with Crippen molar-refractivity contribution in [3.05, 3.63) is 4.83 Å². The molecule has 115 valence electrons. The predicted octanol–water partition coefficient (Wildman–Crippen LogP) is 10.0. The molecular weight excluding hydrogens is 1110 g/mol. The van der Waals surface area contributed by atoms with Gasteiger partial charge in [0.15, 0.2) is 4.29 Å². The summed E-state index contributed by atoms with van der Waals surface area (Å²) in [7, 11) is 0. The fourth-order valence-electron chi connectivity index (χ4n) is 0.637. The van der Waals surface area contributed by atoms with Crippen LogP contribution in [0.4, 0.5) is 0 Å². The van der Waals surface area contributed by atoms with Gasteiger partial charge >= 0.3 is 0 Å². The van der Waals surface area contributed by atoms with Gasteiger partial charge in [-0.05, 0) is 0 Å². The molecule has 0 unspecified atom stereocenters. The average molecular weight is 1110 g/mol. The van der Waals surface area contributed by atoms with Crippen molar-refractivity contribution in [3.63, 3.8) is 0 Å². The summed E-state index contributed by atoms with van der Waals surface area (Å²) < 4.78 is -3.48. The first kappa shape index (κ1) is 25.2. The van der Waals surface area contributed by atoms with Crippen molar-refractivity contribution in [3.8, 4) is 0 Å². The van der Waals surface area contributed by atoms with E-state index in [1.165, 1.54) is 0 Å². The second-order valence-electron chi connectivity index (χ2n) is 3.03. The number of halogens is 13. The monoisotopic (exact) mass is 1100 g/mol. The lowest BCUT2D eigenvalue weighted by molar-refractivity contribution is 0.799. The lowest BCUT2D eigenvalue weighted by Crippen LogP contribution is -2.52. The van der Waals surface area contributed by atoms with E-state index in [2.05, 4.69) is 207 Å². The smallest absolute Gasteiger partial charge is 0.0784 e. The molecule has 1 radical (unpaired) electrons. The SMILES string of the molecule is Br[C](C(Br)(Br)C(Br)(Br)Br)C(Br)(Br)C(Br)(Br)C(Br)(Br)Br. The van der Waals surface area contributed by atoms with Crippen molar-refractivity contribution in [2.24, 2.45) is 0 Å². The maximum Gasteiger partial charge on any atom is 0.162 e. The summed E-state index contributed by atoms with van der Waals surface area (Å²) in [6, 6.07) is 0. The predicted molar refractivity (Wildman–Crippen MR) is 133 cm³/mol. The third-order valence-electron chi connectivity index (χ3n) is 1.66. The zero-order chi connectivity index (χ0) is 16.1. The first-order valence-electron chi connectivity index (χ1n) is 3.71. The van der Waals surface area contributed by atoms with E-state index in [-0.39, 0.29) is 0 Å². The molecule has 0 aromatic rings. The van der Waals surface area contributed by atoms with Crippen LogP contribution in [0.1, 0.15) is 0 Å². The van der Waals surface area contributed by atoms with Crippen LogP contribution in [0.2, 0.25) is 0 Å². The molecule has 0 atom stereocenters. The maximum absolute atomic E-state index is 3.66. The molecule has 13 heteroatoms. The van der Waals surface area contributed by atoms with Crippen molar-refractivity contribution >= 4 is 207 Å². The largest absolute Gasteiger partial charge is 0.162 e. The van der Waals surface area contributed by atoms with Crippen LogP contribution in [0.5, 0.6) is 0 Å². The van der Waals surface area contributed by atoms with Crippen molar-refractivity contribution < 1.29 is 0 Å². The highest BCUT2D eigenvalue weighted by molar-refractivity contribution is 9.42. The first-order valence-corrected chi connectivity index (χ1v) is 14.0. The van der Waals surface area contributed by atoms with E-state index in [1.807, 2.05) is 0 Å². The van der Waals surface area contributed by atoms with E-state index in [1.54, 1.807) is 0 Å². The van der Waals surface area contributed by atoms with E-state index in [0.29, 0.717) is 0 Å². The minimum atomic E-state index is -0.753. The Balaban J connectivity index is 5.70. The highest BCUT2D eigenvalue weighted by Gasteiger charge is 2.66. The van der Waals surface area contributed by atoms with Crippen LogP contribution in [0.15, 0.2) is 0 Å². The molecule has 0 heterocycles. The molecule has 0 aromatic heterocycles. The molecule has 0 aromatic carbocycles. The van der Waals surface area contributed by atoms with Crippen LogP contribution < -0.4 is 0 Å². The Morgan fingerprint density at radius 1 is 0.474 bits per heavy atom. The van der Waals surface area contributed by atoms with Crippen molar-refractivity contribution in [2.45, 2.75) is 14.0 Å². The lowest BCUT2D eigenvalue weighted by atomic mass is 10.2. The fourth-order valence-corrected chi connectivity index (χ4v) is 8.89. The fraction of sp³-hybridized carbons (Fsp3) is 0.833. The minimum absolute atomic E-state index is 0.644. The van der Waals surface area contributed by atoms with Gasteiger partial charge < -0.3 is 0 Å². The number of hydrogen-bond acceptors (Lipinski definition) is 0. The summed E-state index contributed by atoms with van der Waals surface area (Å²) in [5, 5.41) is 0. The zero-order valence-electron chi connectivity index (χ0n) is 7.91. The molecule has 0 bridgehead atoms. The van der Waals surface area contributed by atoms with Gasteiger partial charge in [-0.2, -0.15) is 0 Å². The van der Waals surface area contributed by atoms with Crippen LogP contribution in [-0.2, 0) is 0 Å². The van der Waals surface area contributed by atoms with Gasteiger partial charge in [0.2, 0.25) is 0 Å². The van der Waals surface area contributed by atoms with Crippen LogP contribution in [0.25, 0.3) is 0 Å². The van der Waals surface area contributed by atoms with Crippen LogP contribution >= 0.6 is 207 Å². The van der Waals surface area contributed by atoms with Gasteiger partial charge in [-0.1, -0.05) is 207 Å². The molecule has 0 amide bonds. The van der Waals surface area contributed by atoms with Gasteiger partial charge in [-0.3, -0.25) is 0 Å². The molecule has 0 N–H and O–H groups in total. The molecule has 0 saturated carbocycles. The third-order valence-corrected chi connectivity index (χ3v) is 23.4. The summed E-state index contributed by atoms with van der Waals surface area (Å²) in [6.45, 7) is 0. The molecule has 0 aliphatic carbocycles. The van der Waals surface area contributed by atoms with Gasteiger partial charge in [0, 0.05) is 0 Å². The van der Waals surface area contributed by atoms with Crippen LogP contribution in [-0.4, -0.2) is 14.0 Å². The third kappa shape index (κ3) is 5.86. The maximum atomic E-state index is 3.66. The lowest BCUT2D eigenvalue weighted by Gasteiger charge is -2.47. The topological polar surface area (TPSA) is 0 Å². The Morgan fingerprint density at radius 2 is 0.789 bits per heavy atom. The van der Waals surface area contributed by atoms with Gasteiger partial charge in [0.25, 0.3) is 0 Å². The summed E-state index contributed by atoms with van der Waals surface area (Å²) in [5.74, 6) is 0. The molecule has 0 aliphatic heterocycles. The minimum Gasteiger partial charge on any atom is -0.0784 e. The number of hydrogen-bond donors (Lipinski definition) is 0. The van der Waals surface area contributed by atoms with Crippen molar-refractivity contribution in [2.75, 3.05) is 0 Å². The van der Waals surface area contributed by atoms with Gasteiger partial charge in [-0.15, -0.1) is 0 Å². The average Bonchev–Trinajstić information content (AvgIpc) is 2.12. The molecule has 0 fully saturated rings. The molecule has 19 heavy (non-hydrogen) atoms. The second-order valence-corrected chi connectivity index (χ2v) is 27.7. The van der Waals surface area contributed by atoms with E-state index < -0.39 is 14.0 Å². The number of rotatable bonds is 3. The zero-order valence-corrected chi connectivity index (χ0v) is 28.5. The Morgan fingerprint density at radius 3 is 1.00 bits per heavy atom. The molecule has 0 saturated heterocycles. The molecular formula is C6Br13. The van der Waals surface area contributed by atoms with E-state index in [0.717, 1.165) is 4.83 Å². The number of alkyl halides is 12. The van der Waals surface area contributed by atoms with Crippen LogP contribution in [0.3, 0.4) is 0 Å². The van der Waals surface area contributed by atoms with Gasteiger partial charge in [0.05, 0.1) is 0 Å². The highest BCUT2D eigenvalue weighted by atomic mass is 80.0. The molecule has 0 spiro atoms. The van der Waals surface area contributed by atoms with Crippen molar-refractivity contribution in [1.29, 1.82) is 0 Å². The van der Waals surface area contributed by atoms with E-state index >= 15 is 0 Å². The van der Waals surface area contributed by atoms with E-state index in [4.69, 9.17) is 0 Å². The summed E-state index contributed by atoms with van der Waals surface area (Å²) >= 11 is 46.4. The molecule has 0 rings (SSSR count). The normalized spacial score (nSPS) is 16.1. The summed E-state index contributed by atoms with van der Waals surface area (Å²) in [4.78, 5) is 0.773. The quantitative estimate of drug-likeness (QED) is 0.247. The Labute approximate surface area is 221 Å². The Kier molecular flexibility index (Phi) is 11.3. The highest BCUT2D eigenvalue weighted by Crippen LogP contribution is 2.72. The Bertz CT molecular complexity index is 319. The van der Waals surface area contributed by atoms with E-state index in [9.17, 15) is 0 Å². The van der Waals surface area contributed by atoms with Crippen LogP contribution in [0, 0.1) is 4.83 Å². The molecule has 0 aliphatic rings. The summed E-state index contributed by atoms with van der Waals surface area (Å²) in [6.07, 6.45) is 0. The van der Waals surface area contributed by atoms with Crippen molar-refractivity contribution in [1.82, 2.24) is 0 Å². The summed E-state index contributed by atoms with van der Waals surface area (Å²) in [5.41, 5.74) is 0. The van der Waals surface area contributed by atoms with Gasteiger partial charge in [0.1, 0.15) is 14.5 Å². The first-order chi connectivity index (χ1) is 7.90. The second kappa shape index (κ2) is 8.50.